The van der Waals surface area contributed by atoms with Crippen LogP contribution in [0, 0.1) is 23.7 Å². The van der Waals surface area contributed by atoms with Crippen molar-refractivity contribution in [2.75, 3.05) is 41.3 Å². The number of rotatable bonds is 8. The van der Waals surface area contributed by atoms with Gasteiger partial charge in [0.05, 0.1) is 17.6 Å². The number of ketones is 3. The number of Topliss-reactive ketones (excluding diaryl/α,β-unsaturated/α-hetero) is 3. The van der Waals surface area contributed by atoms with Gasteiger partial charge in [-0.15, -0.1) is 0 Å². The molecule has 2 fully saturated rings. The molecule has 0 saturated heterocycles. The maximum Gasteiger partial charge on any atom is 0.243 e. The van der Waals surface area contributed by atoms with E-state index in [-0.39, 0.29) is 30.1 Å². The van der Waals surface area contributed by atoms with Gasteiger partial charge in [0.1, 0.15) is 11.7 Å². The summed E-state index contributed by atoms with van der Waals surface area (Å²) in [6, 6.07) is 1.90. The van der Waals surface area contributed by atoms with Crippen LogP contribution in [-0.2, 0) is 25.6 Å². The number of aliphatic hydroxyl groups excluding tert-OH is 1. The van der Waals surface area contributed by atoms with Crippen molar-refractivity contribution in [2.24, 2.45) is 29.4 Å². The van der Waals surface area contributed by atoms with Crippen molar-refractivity contribution in [3.63, 3.8) is 0 Å². The molecule has 3 unspecified atom stereocenters. The maximum atomic E-state index is 13.9. The molecular formula is C29H38N4O8. The third kappa shape index (κ3) is 5.21. The van der Waals surface area contributed by atoms with E-state index in [2.05, 4.69) is 5.32 Å². The molecule has 3 aliphatic rings. The number of amides is 2. The number of nitrogens with one attached hydrogen (secondary N) is 1. The van der Waals surface area contributed by atoms with Crippen LogP contribution in [0.15, 0.2) is 18.2 Å². The van der Waals surface area contributed by atoms with Gasteiger partial charge in [0.25, 0.3) is 0 Å². The minimum atomic E-state index is -2.71. The number of nitrogens with two attached hydrogens (primary N) is 1. The number of likely N-dealkylation sites (N-methyl/N-ethyl adjacent to an activating group) is 1. The number of hydrogen-bond donors (Lipinski definition) is 5. The van der Waals surface area contributed by atoms with E-state index < -0.39 is 64.7 Å². The van der Waals surface area contributed by atoms with E-state index in [0.717, 1.165) is 13.0 Å². The number of aliphatic hydroxyl groups is 2. The number of phenolic OH excluding ortho intramolecular Hbond substituents is 1. The zero-order chi connectivity index (χ0) is 30.4. The van der Waals surface area contributed by atoms with E-state index in [0.29, 0.717) is 17.7 Å². The Bertz CT molecular complexity index is 1310. The molecule has 12 heteroatoms. The van der Waals surface area contributed by atoms with E-state index in [1.807, 2.05) is 19.0 Å². The Morgan fingerprint density at radius 1 is 1.15 bits per heavy atom. The zero-order valence-electron chi connectivity index (χ0n) is 23.7. The number of aromatic hydroxyl groups is 1. The molecule has 1 aromatic carbocycles. The summed E-state index contributed by atoms with van der Waals surface area (Å²) in [6.45, 7) is 1.30. The topological polar surface area (TPSA) is 191 Å². The Kier molecular flexibility index (Phi) is 8.51. The van der Waals surface area contributed by atoms with E-state index in [1.165, 1.54) is 17.0 Å². The second-order valence-electron chi connectivity index (χ2n) is 11.8. The molecule has 7 atom stereocenters. The van der Waals surface area contributed by atoms with Crippen molar-refractivity contribution in [3.05, 3.63) is 34.9 Å². The predicted octanol–water partition coefficient (Wildman–Crippen LogP) is -1.26. The minimum absolute atomic E-state index is 0.0143. The molecule has 2 saturated carbocycles. The molecule has 3 aliphatic carbocycles. The van der Waals surface area contributed by atoms with Gasteiger partial charge in [-0.2, -0.15) is 0 Å². The molecule has 12 nitrogen and oxygen atoms in total. The quantitative estimate of drug-likeness (QED) is 0.143. The summed E-state index contributed by atoms with van der Waals surface area (Å²) < 4.78 is 0. The Labute approximate surface area is 238 Å². The summed E-state index contributed by atoms with van der Waals surface area (Å²) in [5.41, 5.74) is 3.54. The number of carbonyl (C=O) groups is 5. The van der Waals surface area contributed by atoms with Crippen molar-refractivity contribution < 1.29 is 39.3 Å². The molecule has 0 radical (unpaired) electrons. The van der Waals surface area contributed by atoms with E-state index in [9.17, 15) is 39.3 Å². The van der Waals surface area contributed by atoms with Crippen LogP contribution in [0.1, 0.15) is 34.3 Å². The first-order valence-corrected chi connectivity index (χ1v) is 13.7. The van der Waals surface area contributed by atoms with E-state index in [1.54, 1.807) is 26.2 Å². The third-order valence-electron chi connectivity index (χ3n) is 8.71. The van der Waals surface area contributed by atoms with Crippen LogP contribution >= 0.6 is 0 Å². The average Bonchev–Trinajstić information content (AvgIpc) is 2.87. The monoisotopic (exact) mass is 570 g/mol. The molecular weight excluding hydrogens is 532 g/mol. The molecule has 41 heavy (non-hydrogen) atoms. The number of fused-ring (bicyclic) bond motifs is 3. The molecule has 4 rings (SSSR count). The highest BCUT2D eigenvalue weighted by atomic mass is 16.3. The van der Waals surface area contributed by atoms with Crippen LogP contribution in [-0.4, -0.2) is 113 Å². The van der Waals surface area contributed by atoms with Crippen LogP contribution < -0.4 is 11.1 Å². The lowest BCUT2D eigenvalue weighted by Crippen LogP contribution is -2.75. The first-order valence-electron chi connectivity index (χ1n) is 13.7. The highest BCUT2D eigenvalue weighted by Gasteiger charge is 2.69. The second kappa shape index (κ2) is 11.4. The minimum Gasteiger partial charge on any atom is -0.507 e. The fraction of sp³-hybridized carbons (Fsp3) is 0.552. The Hall–Kier alpha value is -3.45. The van der Waals surface area contributed by atoms with Crippen LogP contribution in [0.4, 0.5) is 0 Å². The molecule has 0 bridgehead atoms. The molecule has 0 spiro atoms. The molecule has 2 amide bonds. The average molecular weight is 571 g/mol. The second-order valence-corrected chi connectivity index (χ2v) is 11.8. The van der Waals surface area contributed by atoms with Crippen molar-refractivity contribution in [2.45, 2.75) is 37.0 Å². The number of primary amides is 1. The lowest BCUT2D eigenvalue weighted by atomic mass is 9.52. The van der Waals surface area contributed by atoms with Gasteiger partial charge in [0, 0.05) is 24.6 Å². The molecule has 222 valence electrons. The van der Waals surface area contributed by atoms with Gasteiger partial charge in [-0.1, -0.05) is 6.07 Å². The van der Waals surface area contributed by atoms with Crippen LogP contribution in [0.2, 0.25) is 0 Å². The largest absolute Gasteiger partial charge is 0.507 e. The third-order valence-corrected chi connectivity index (χ3v) is 8.71. The Morgan fingerprint density at radius 3 is 2.44 bits per heavy atom. The summed E-state index contributed by atoms with van der Waals surface area (Å²) in [6.07, 6.45) is 2.25. The number of hydrogen-bond acceptors (Lipinski definition) is 10. The summed E-state index contributed by atoms with van der Waals surface area (Å²) in [5.74, 6) is -9.90. The molecule has 6 N–H and O–H groups in total. The summed E-state index contributed by atoms with van der Waals surface area (Å²) in [5, 5.41) is 36.0. The summed E-state index contributed by atoms with van der Waals surface area (Å²) in [4.78, 5) is 69.0. The number of carbonyl (C=O) groups excluding carboxylic acids is 5. The predicted molar refractivity (Wildman–Crippen MR) is 148 cm³/mol. The normalized spacial score (nSPS) is 31.3. The van der Waals surface area contributed by atoms with Crippen molar-refractivity contribution in [3.8, 4) is 5.75 Å². The van der Waals surface area contributed by atoms with Crippen molar-refractivity contribution in [1.82, 2.24) is 15.1 Å². The summed E-state index contributed by atoms with van der Waals surface area (Å²) >= 11 is 0. The number of phenols is 1. The first-order chi connectivity index (χ1) is 19.2. The number of nitrogens with zero attached hydrogens (tertiary/aromatic N) is 2. The van der Waals surface area contributed by atoms with Gasteiger partial charge < -0.3 is 36.2 Å². The lowest BCUT2D eigenvalue weighted by molar-refractivity contribution is -0.190. The summed E-state index contributed by atoms with van der Waals surface area (Å²) in [7, 11) is 7.06. The molecule has 1 aromatic rings. The van der Waals surface area contributed by atoms with Gasteiger partial charge >= 0.3 is 0 Å². The lowest BCUT2D eigenvalue weighted by Gasteiger charge is -2.54. The first kappa shape index (κ1) is 30.5. The van der Waals surface area contributed by atoms with E-state index in [4.69, 9.17) is 5.73 Å². The zero-order valence-corrected chi connectivity index (χ0v) is 23.7. The highest BCUT2D eigenvalue weighted by Crippen LogP contribution is 2.51. The standard InChI is InChI=1S/C29H38N4O8/c1-32(2)11-5-10-31-19(35)9-7-14-6-8-18(34)21-16(14)12-15-13-17-23(33(3)4)25(37)22(28(30)40)27(39)29(17,41)26(38)20(15)24(21)36/h6-9,15,17,20,22-23,25,34,37,41H,5,10-13H2,1-4H3,(H2,30,40)(H,31,35)/t15-,17-,20?,22?,23-,25?,29-/m1/s1. The Morgan fingerprint density at radius 2 is 1.83 bits per heavy atom. The van der Waals surface area contributed by atoms with Gasteiger partial charge in [-0.25, -0.2) is 0 Å². The molecule has 0 aliphatic heterocycles. The van der Waals surface area contributed by atoms with Gasteiger partial charge in [-0.05, 0) is 83.2 Å². The SMILES string of the molecule is CN(C)CCCNC(=O)C=Cc1ccc(O)c2c1C[C@@H]1C[C@@H]3[C@@H](N(C)C)C(O)C(C(N)=O)C(=O)[C@]3(O)C(=O)C1C2=O. The van der Waals surface area contributed by atoms with Crippen LogP contribution in [0.25, 0.3) is 6.08 Å². The maximum absolute atomic E-state index is 13.9. The smallest absolute Gasteiger partial charge is 0.243 e. The van der Waals surface area contributed by atoms with Crippen molar-refractivity contribution >= 4 is 35.2 Å². The molecule has 0 heterocycles. The van der Waals surface area contributed by atoms with Crippen LogP contribution in [0.5, 0.6) is 5.75 Å². The van der Waals surface area contributed by atoms with Gasteiger partial charge in [0.2, 0.25) is 11.8 Å². The Balaban J connectivity index is 1.68. The highest BCUT2D eigenvalue weighted by molar-refractivity contribution is 6.25. The van der Waals surface area contributed by atoms with Crippen LogP contribution in [0.3, 0.4) is 0 Å². The fourth-order valence-corrected chi connectivity index (χ4v) is 6.83. The van der Waals surface area contributed by atoms with E-state index >= 15 is 0 Å². The van der Waals surface area contributed by atoms with Gasteiger partial charge in [-0.3, -0.25) is 24.0 Å². The molecule has 0 aromatic heterocycles. The van der Waals surface area contributed by atoms with Gasteiger partial charge in [0.15, 0.2) is 23.0 Å². The number of benzene rings is 1. The fourth-order valence-electron chi connectivity index (χ4n) is 6.83. The van der Waals surface area contributed by atoms with Crippen molar-refractivity contribution in [1.29, 1.82) is 0 Å².